The molecule has 0 aliphatic heterocycles. The largest absolute Gasteiger partial charge is 0.497 e. The summed E-state index contributed by atoms with van der Waals surface area (Å²) in [6, 6.07) is 3.82. The topological polar surface area (TPSA) is 44.5 Å². The summed E-state index contributed by atoms with van der Waals surface area (Å²) in [5.41, 5.74) is 7.17. The molecule has 0 bridgehead atoms. The lowest BCUT2D eigenvalue weighted by Gasteiger charge is -2.38. The van der Waals surface area contributed by atoms with Gasteiger partial charge in [-0.25, -0.2) is 0 Å². The number of hydrogen-bond acceptors (Lipinski definition) is 3. The van der Waals surface area contributed by atoms with Crippen molar-refractivity contribution in [3.8, 4) is 11.5 Å². The normalized spacial score (nSPS) is 18.1. The molecule has 1 fully saturated rings. The number of halogens is 1. The van der Waals surface area contributed by atoms with Gasteiger partial charge >= 0.3 is 0 Å². The summed E-state index contributed by atoms with van der Waals surface area (Å²) >= 11 is 6.31. The van der Waals surface area contributed by atoms with E-state index >= 15 is 0 Å². The van der Waals surface area contributed by atoms with Crippen LogP contribution in [0.5, 0.6) is 11.5 Å². The highest BCUT2D eigenvalue weighted by molar-refractivity contribution is 6.32. The minimum atomic E-state index is -0.0260. The molecule has 0 aromatic heterocycles. The van der Waals surface area contributed by atoms with E-state index in [9.17, 15) is 0 Å². The number of nitrogens with two attached hydrogens (primary N) is 1. The van der Waals surface area contributed by atoms with Gasteiger partial charge in [0.25, 0.3) is 0 Å². The SMILES string of the molecule is COc1cc(Cl)c(OC)c(C2(CN)CCCCC2)c1. The minimum Gasteiger partial charge on any atom is -0.497 e. The van der Waals surface area contributed by atoms with Gasteiger partial charge in [-0.2, -0.15) is 0 Å². The molecule has 1 aliphatic rings. The highest BCUT2D eigenvalue weighted by Crippen LogP contribution is 2.46. The van der Waals surface area contributed by atoms with E-state index in [1.54, 1.807) is 20.3 Å². The first kappa shape index (κ1) is 14.5. The molecule has 0 atom stereocenters. The Kier molecular flexibility index (Phi) is 4.58. The molecule has 0 amide bonds. The number of benzene rings is 1. The first-order valence-corrected chi connectivity index (χ1v) is 7.17. The zero-order chi connectivity index (χ0) is 13.9. The number of rotatable bonds is 4. The molecule has 1 saturated carbocycles. The summed E-state index contributed by atoms with van der Waals surface area (Å²) in [6.45, 7) is 0.618. The van der Waals surface area contributed by atoms with E-state index < -0.39 is 0 Å². The predicted octanol–water partition coefficient (Wildman–Crippen LogP) is 3.52. The molecule has 2 rings (SSSR count). The summed E-state index contributed by atoms with van der Waals surface area (Å²) in [4.78, 5) is 0. The smallest absolute Gasteiger partial charge is 0.141 e. The molecule has 4 heteroatoms. The third-order valence-corrected chi connectivity index (χ3v) is 4.51. The second kappa shape index (κ2) is 6.02. The second-order valence-electron chi connectivity index (χ2n) is 5.24. The highest BCUT2D eigenvalue weighted by Gasteiger charge is 2.36. The predicted molar refractivity (Wildman–Crippen MR) is 78.4 cm³/mol. The van der Waals surface area contributed by atoms with Crippen molar-refractivity contribution >= 4 is 11.6 Å². The first-order valence-electron chi connectivity index (χ1n) is 6.79. The van der Waals surface area contributed by atoms with Crippen molar-refractivity contribution in [2.45, 2.75) is 37.5 Å². The fourth-order valence-corrected chi connectivity index (χ4v) is 3.39. The van der Waals surface area contributed by atoms with E-state index in [0.717, 1.165) is 29.9 Å². The maximum Gasteiger partial charge on any atom is 0.141 e. The van der Waals surface area contributed by atoms with Crippen molar-refractivity contribution in [1.82, 2.24) is 0 Å². The van der Waals surface area contributed by atoms with Crippen LogP contribution in [0.25, 0.3) is 0 Å². The molecule has 0 heterocycles. The van der Waals surface area contributed by atoms with E-state index in [0.29, 0.717) is 11.6 Å². The van der Waals surface area contributed by atoms with Crippen LogP contribution in [0, 0.1) is 0 Å². The number of methoxy groups -OCH3 is 2. The standard InChI is InChI=1S/C15H22ClNO2/c1-18-11-8-12(14(19-2)13(16)9-11)15(10-17)6-4-3-5-7-15/h8-9H,3-7,10,17H2,1-2H3. The lowest BCUT2D eigenvalue weighted by Crippen LogP contribution is -2.37. The van der Waals surface area contributed by atoms with Crippen LogP contribution in [0.3, 0.4) is 0 Å². The molecule has 0 spiro atoms. The molecular weight excluding hydrogens is 262 g/mol. The summed E-state index contributed by atoms with van der Waals surface area (Å²) in [5.74, 6) is 1.51. The van der Waals surface area contributed by atoms with Crippen molar-refractivity contribution in [2.75, 3.05) is 20.8 Å². The molecule has 0 unspecified atom stereocenters. The quantitative estimate of drug-likeness (QED) is 0.919. The van der Waals surface area contributed by atoms with Gasteiger partial charge in [0, 0.05) is 23.6 Å². The third-order valence-electron chi connectivity index (χ3n) is 4.23. The average Bonchev–Trinajstić information content (AvgIpc) is 2.47. The highest BCUT2D eigenvalue weighted by atomic mass is 35.5. The van der Waals surface area contributed by atoms with Gasteiger partial charge in [0.1, 0.15) is 11.5 Å². The van der Waals surface area contributed by atoms with Crippen molar-refractivity contribution in [3.63, 3.8) is 0 Å². The Labute approximate surface area is 120 Å². The van der Waals surface area contributed by atoms with E-state index in [4.69, 9.17) is 26.8 Å². The molecule has 1 aromatic rings. The monoisotopic (exact) mass is 283 g/mol. The van der Waals surface area contributed by atoms with Gasteiger partial charge in [0.05, 0.1) is 19.2 Å². The molecule has 3 nitrogen and oxygen atoms in total. The van der Waals surface area contributed by atoms with Gasteiger partial charge in [0.15, 0.2) is 0 Å². The Bertz CT molecular complexity index is 442. The Balaban J connectivity index is 2.54. The average molecular weight is 284 g/mol. The van der Waals surface area contributed by atoms with Crippen LogP contribution < -0.4 is 15.2 Å². The van der Waals surface area contributed by atoms with Crippen LogP contribution in [0.15, 0.2) is 12.1 Å². The van der Waals surface area contributed by atoms with Crippen LogP contribution in [0.2, 0.25) is 5.02 Å². The first-order chi connectivity index (χ1) is 9.16. The van der Waals surface area contributed by atoms with Crippen molar-refractivity contribution in [3.05, 3.63) is 22.7 Å². The second-order valence-corrected chi connectivity index (χ2v) is 5.64. The lowest BCUT2D eigenvalue weighted by molar-refractivity contribution is 0.286. The van der Waals surface area contributed by atoms with Gasteiger partial charge in [-0.1, -0.05) is 30.9 Å². The zero-order valence-electron chi connectivity index (χ0n) is 11.7. The molecule has 19 heavy (non-hydrogen) atoms. The van der Waals surface area contributed by atoms with E-state index in [1.165, 1.54) is 19.3 Å². The van der Waals surface area contributed by atoms with Gasteiger partial charge < -0.3 is 15.2 Å². The Morgan fingerprint density at radius 2 is 1.84 bits per heavy atom. The molecule has 0 radical (unpaired) electrons. The Hall–Kier alpha value is -0.930. The Morgan fingerprint density at radius 1 is 1.16 bits per heavy atom. The van der Waals surface area contributed by atoms with Crippen LogP contribution in [0.4, 0.5) is 0 Å². The van der Waals surface area contributed by atoms with E-state index in [2.05, 4.69) is 0 Å². The third kappa shape index (κ3) is 2.67. The van der Waals surface area contributed by atoms with Crippen molar-refractivity contribution in [2.24, 2.45) is 5.73 Å². The minimum absolute atomic E-state index is 0.0260. The van der Waals surface area contributed by atoms with Crippen LogP contribution in [-0.2, 0) is 5.41 Å². The molecule has 106 valence electrons. The summed E-state index contributed by atoms with van der Waals surface area (Å²) in [6.07, 6.45) is 5.86. The van der Waals surface area contributed by atoms with Crippen molar-refractivity contribution in [1.29, 1.82) is 0 Å². The van der Waals surface area contributed by atoms with Crippen molar-refractivity contribution < 1.29 is 9.47 Å². The number of hydrogen-bond donors (Lipinski definition) is 1. The van der Waals surface area contributed by atoms with Gasteiger partial charge in [0.2, 0.25) is 0 Å². The van der Waals surface area contributed by atoms with E-state index in [-0.39, 0.29) is 5.41 Å². The van der Waals surface area contributed by atoms with Crippen LogP contribution >= 0.6 is 11.6 Å². The fourth-order valence-electron chi connectivity index (χ4n) is 3.10. The zero-order valence-corrected chi connectivity index (χ0v) is 12.4. The fraction of sp³-hybridized carbons (Fsp3) is 0.600. The Morgan fingerprint density at radius 3 is 2.37 bits per heavy atom. The molecule has 1 aromatic carbocycles. The van der Waals surface area contributed by atoms with Gasteiger partial charge in [-0.15, -0.1) is 0 Å². The van der Waals surface area contributed by atoms with Gasteiger partial charge in [-0.05, 0) is 18.9 Å². The number of ether oxygens (including phenoxy) is 2. The molecular formula is C15H22ClNO2. The maximum absolute atomic E-state index is 6.31. The summed E-state index contributed by atoms with van der Waals surface area (Å²) in [7, 11) is 3.31. The van der Waals surface area contributed by atoms with Crippen LogP contribution in [-0.4, -0.2) is 20.8 Å². The molecule has 1 aliphatic carbocycles. The summed E-state index contributed by atoms with van der Waals surface area (Å²) < 4.78 is 10.8. The molecule has 2 N–H and O–H groups in total. The van der Waals surface area contributed by atoms with Crippen LogP contribution in [0.1, 0.15) is 37.7 Å². The van der Waals surface area contributed by atoms with Gasteiger partial charge in [-0.3, -0.25) is 0 Å². The molecule has 0 saturated heterocycles. The maximum atomic E-state index is 6.31. The lowest BCUT2D eigenvalue weighted by atomic mass is 9.69. The summed E-state index contributed by atoms with van der Waals surface area (Å²) in [5, 5.41) is 0.593. The van der Waals surface area contributed by atoms with E-state index in [1.807, 2.05) is 6.07 Å².